The van der Waals surface area contributed by atoms with E-state index in [1.54, 1.807) is 7.11 Å². The number of hydrogen-bond donors (Lipinski definition) is 1. The van der Waals surface area contributed by atoms with Crippen molar-refractivity contribution in [1.29, 1.82) is 0 Å². The van der Waals surface area contributed by atoms with E-state index < -0.39 is 0 Å². The van der Waals surface area contributed by atoms with Crippen molar-refractivity contribution in [3.8, 4) is 11.4 Å². The zero-order valence-electron chi connectivity index (χ0n) is 18.2. The zero-order chi connectivity index (χ0) is 21.8. The molecular weight excluding hydrogens is 406 g/mol. The van der Waals surface area contributed by atoms with Crippen LogP contribution in [0.3, 0.4) is 0 Å². The lowest BCUT2D eigenvalue weighted by atomic mass is 10.0. The van der Waals surface area contributed by atoms with Gasteiger partial charge < -0.3 is 24.4 Å². The lowest BCUT2D eigenvalue weighted by Crippen LogP contribution is -2.32. The molecule has 0 saturated carbocycles. The standard InChI is InChI=1S/C24H29N5OS/c1-27(2)15-7-17-29-23(22(26-24(29)31)20-8-4-5-14-25-20)21-9-6-16-28(21)18-10-12-19(30-3)13-11-18/h4-6,8-14,16,22-23H,7,15,17H2,1-3H3,(H,26,31)/t22-,23-/m1/s1. The number of methoxy groups -OCH3 is 1. The molecule has 3 heterocycles. The van der Waals surface area contributed by atoms with Crippen molar-refractivity contribution in [3.05, 3.63) is 78.4 Å². The number of pyridine rings is 1. The summed E-state index contributed by atoms with van der Waals surface area (Å²) < 4.78 is 7.56. The predicted molar refractivity (Wildman–Crippen MR) is 128 cm³/mol. The Hall–Kier alpha value is -2.90. The molecule has 1 saturated heterocycles. The molecule has 4 rings (SSSR count). The molecule has 3 aromatic rings. The topological polar surface area (TPSA) is 45.6 Å². The number of hydrogen-bond acceptors (Lipinski definition) is 4. The minimum atomic E-state index is -0.0139. The maximum absolute atomic E-state index is 5.79. The molecule has 1 aliphatic rings. The Labute approximate surface area is 189 Å². The van der Waals surface area contributed by atoms with Crippen LogP contribution in [0.1, 0.15) is 29.9 Å². The van der Waals surface area contributed by atoms with E-state index in [2.05, 4.69) is 75.3 Å². The Morgan fingerprint density at radius 2 is 1.90 bits per heavy atom. The fourth-order valence-corrected chi connectivity index (χ4v) is 4.47. The predicted octanol–water partition coefficient (Wildman–Crippen LogP) is 3.81. The third kappa shape index (κ3) is 4.57. The third-order valence-electron chi connectivity index (χ3n) is 5.64. The van der Waals surface area contributed by atoms with Gasteiger partial charge in [-0.3, -0.25) is 4.98 Å². The normalized spacial score (nSPS) is 18.5. The first-order chi connectivity index (χ1) is 15.1. The second kappa shape index (κ2) is 9.49. The minimum Gasteiger partial charge on any atom is -0.497 e. The van der Waals surface area contributed by atoms with E-state index in [1.165, 1.54) is 5.69 Å². The highest BCUT2D eigenvalue weighted by atomic mass is 32.1. The highest BCUT2D eigenvalue weighted by Gasteiger charge is 2.40. The Balaban J connectivity index is 1.72. The van der Waals surface area contributed by atoms with Gasteiger partial charge in [-0.1, -0.05) is 6.07 Å². The van der Waals surface area contributed by atoms with Crippen LogP contribution in [0.25, 0.3) is 5.69 Å². The molecule has 1 N–H and O–H groups in total. The van der Waals surface area contributed by atoms with E-state index in [4.69, 9.17) is 17.0 Å². The second-order valence-electron chi connectivity index (χ2n) is 7.98. The van der Waals surface area contributed by atoms with E-state index in [0.717, 1.165) is 41.8 Å². The van der Waals surface area contributed by atoms with Crippen LogP contribution in [-0.4, -0.2) is 58.8 Å². The number of nitrogens with zero attached hydrogens (tertiary/aromatic N) is 4. The summed E-state index contributed by atoms with van der Waals surface area (Å²) in [7, 11) is 5.89. The lowest BCUT2D eigenvalue weighted by molar-refractivity contribution is 0.286. The van der Waals surface area contributed by atoms with Gasteiger partial charge in [0.15, 0.2) is 5.11 Å². The van der Waals surface area contributed by atoms with Crippen molar-refractivity contribution in [3.63, 3.8) is 0 Å². The third-order valence-corrected chi connectivity index (χ3v) is 5.99. The van der Waals surface area contributed by atoms with E-state index in [1.807, 2.05) is 30.5 Å². The van der Waals surface area contributed by atoms with Crippen molar-refractivity contribution < 1.29 is 4.74 Å². The van der Waals surface area contributed by atoms with Gasteiger partial charge in [-0.15, -0.1) is 0 Å². The number of thiocarbonyl (C=S) groups is 1. The van der Waals surface area contributed by atoms with Crippen LogP contribution >= 0.6 is 12.2 Å². The first-order valence-electron chi connectivity index (χ1n) is 10.5. The van der Waals surface area contributed by atoms with Gasteiger partial charge >= 0.3 is 0 Å². The van der Waals surface area contributed by atoms with E-state index in [9.17, 15) is 0 Å². The van der Waals surface area contributed by atoms with Crippen LogP contribution in [-0.2, 0) is 0 Å². The van der Waals surface area contributed by atoms with Gasteiger partial charge in [0.1, 0.15) is 5.75 Å². The first-order valence-corrected chi connectivity index (χ1v) is 10.9. The average Bonchev–Trinajstić information content (AvgIpc) is 3.39. The summed E-state index contributed by atoms with van der Waals surface area (Å²) in [5.41, 5.74) is 3.26. The van der Waals surface area contributed by atoms with Crippen LogP contribution in [0.15, 0.2) is 67.0 Å². The quantitative estimate of drug-likeness (QED) is 0.543. The van der Waals surface area contributed by atoms with Crippen LogP contribution in [0.4, 0.5) is 0 Å². The summed E-state index contributed by atoms with van der Waals surface area (Å²) in [6.45, 7) is 1.89. The Kier molecular flexibility index (Phi) is 6.53. The molecule has 1 aliphatic heterocycles. The van der Waals surface area contributed by atoms with Crippen molar-refractivity contribution in [2.75, 3.05) is 34.3 Å². The molecule has 1 aromatic carbocycles. The Morgan fingerprint density at radius 1 is 1.10 bits per heavy atom. The summed E-state index contributed by atoms with van der Waals surface area (Å²) in [6.07, 6.45) is 4.98. The monoisotopic (exact) mass is 435 g/mol. The molecule has 162 valence electrons. The first kappa shape index (κ1) is 21.3. The zero-order valence-corrected chi connectivity index (χ0v) is 19.0. The number of nitrogens with one attached hydrogen (secondary N) is 1. The van der Waals surface area contributed by atoms with Gasteiger partial charge in [-0.05, 0) is 87.8 Å². The molecule has 0 spiro atoms. The molecule has 0 unspecified atom stereocenters. The van der Waals surface area contributed by atoms with Crippen molar-refractivity contribution in [1.82, 2.24) is 24.7 Å². The maximum Gasteiger partial charge on any atom is 0.170 e. The minimum absolute atomic E-state index is 0.0139. The number of benzene rings is 1. The molecule has 2 aromatic heterocycles. The fraction of sp³-hybridized carbons (Fsp3) is 0.333. The van der Waals surface area contributed by atoms with Crippen LogP contribution in [0.5, 0.6) is 5.75 Å². The maximum atomic E-state index is 5.79. The number of ether oxygens (including phenoxy) is 1. The summed E-state index contributed by atoms with van der Waals surface area (Å²) in [5, 5.41) is 4.32. The van der Waals surface area contributed by atoms with Gasteiger partial charge in [0.2, 0.25) is 0 Å². The van der Waals surface area contributed by atoms with Crippen molar-refractivity contribution in [2.45, 2.75) is 18.5 Å². The highest BCUT2D eigenvalue weighted by molar-refractivity contribution is 7.80. The van der Waals surface area contributed by atoms with E-state index in [-0.39, 0.29) is 12.1 Å². The summed E-state index contributed by atoms with van der Waals surface area (Å²) in [5.74, 6) is 0.845. The highest BCUT2D eigenvalue weighted by Crippen LogP contribution is 2.39. The molecule has 0 aliphatic carbocycles. The van der Waals surface area contributed by atoms with E-state index in [0.29, 0.717) is 0 Å². The van der Waals surface area contributed by atoms with Gasteiger partial charge in [0.05, 0.1) is 24.9 Å². The largest absolute Gasteiger partial charge is 0.497 e. The van der Waals surface area contributed by atoms with Crippen molar-refractivity contribution in [2.24, 2.45) is 0 Å². The number of aromatic nitrogens is 2. The summed E-state index contributed by atoms with van der Waals surface area (Å²) in [6, 6.07) is 18.5. The second-order valence-corrected chi connectivity index (χ2v) is 8.36. The van der Waals surface area contributed by atoms with Crippen LogP contribution in [0.2, 0.25) is 0 Å². The van der Waals surface area contributed by atoms with Gasteiger partial charge in [0.25, 0.3) is 0 Å². The van der Waals surface area contributed by atoms with Crippen LogP contribution in [0, 0.1) is 0 Å². The molecular formula is C24H29N5OS. The molecule has 0 bridgehead atoms. The van der Waals surface area contributed by atoms with Gasteiger partial charge in [0, 0.05) is 30.3 Å². The molecule has 7 heteroatoms. The average molecular weight is 436 g/mol. The van der Waals surface area contributed by atoms with Crippen molar-refractivity contribution >= 4 is 17.3 Å². The molecule has 0 amide bonds. The van der Waals surface area contributed by atoms with Gasteiger partial charge in [-0.2, -0.15) is 0 Å². The smallest absolute Gasteiger partial charge is 0.170 e. The van der Waals surface area contributed by atoms with Crippen LogP contribution < -0.4 is 10.1 Å². The molecule has 0 radical (unpaired) electrons. The molecule has 2 atom stereocenters. The lowest BCUT2D eigenvalue weighted by Gasteiger charge is -2.29. The Morgan fingerprint density at radius 3 is 2.58 bits per heavy atom. The Bertz CT molecular complexity index is 1000. The SMILES string of the molecule is COc1ccc(-n2cccc2[C@@H]2[C@@H](c3ccccn3)NC(=S)N2CCCN(C)C)cc1. The summed E-state index contributed by atoms with van der Waals surface area (Å²) in [4.78, 5) is 9.16. The molecule has 1 fully saturated rings. The number of rotatable bonds is 8. The molecule has 6 nitrogen and oxygen atoms in total. The summed E-state index contributed by atoms with van der Waals surface area (Å²) >= 11 is 5.79. The van der Waals surface area contributed by atoms with Gasteiger partial charge in [-0.25, -0.2) is 0 Å². The van der Waals surface area contributed by atoms with E-state index >= 15 is 0 Å². The molecule has 31 heavy (non-hydrogen) atoms. The fourth-order valence-electron chi connectivity index (χ4n) is 4.14.